The zero-order valence-corrected chi connectivity index (χ0v) is 21.4. The van der Waals surface area contributed by atoms with E-state index in [1.165, 1.54) is 7.11 Å². The molecule has 1 aromatic carbocycles. The van der Waals surface area contributed by atoms with Crippen LogP contribution in [0.15, 0.2) is 24.0 Å². The van der Waals surface area contributed by atoms with E-state index in [0.29, 0.717) is 11.5 Å². The van der Waals surface area contributed by atoms with E-state index in [1.54, 1.807) is 7.11 Å². The first-order chi connectivity index (χ1) is 17.2. The molecule has 36 heavy (non-hydrogen) atoms. The maximum Gasteiger partial charge on any atom is 0.339 e. The first-order valence-corrected chi connectivity index (χ1v) is 12.7. The number of carbonyl (C=O) groups excluding carboxylic acids is 2. The van der Waals surface area contributed by atoms with Crippen molar-refractivity contribution in [2.45, 2.75) is 69.1 Å². The van der Waals surface area contributed by atoms with Crippen LogP contribution in [0.4, 0.5) is 0 Å². The van der Waals surface area contributed by atoms with Crippen LogP contribution in [0.25, 0.3) is 0 Å². The number of ether oxygens (including phenoxy) is 5. The Balaban J connectivity index is 1.56. The highest BCUT2D eigenvalue weighted by atomic mass is 16.7. The number of methoxy groups -OCH3 is 2. The van der Waals surface area contributed by atoms with Crippen LogP contribution in [0.1, 0.15) is 56.6 Å². The van der Waals surface area contributed by atoms with Gasteiger partial charge in [-0.2, -0.15) is 0 Å². The summed E-state index contributed by atoms with van der Waals surface area (Å²) in [5, 5.41) is 11.3. The van der Waals surface area contributed by atoms with Gasteiger partial charge in [0.15, 0.2) is 23.2 Å². The zero-order chi connectivity index (χ0) is 25.7. The first kappa shape index (κ1) is 24.9. The van der Waals surface area contributed by atoms with E-state index in [-0.39, 0.29) is 30.6 Å². The van der Waals surface area contributed by atoms with Crippen molar-refractivity contribution < 1.29 is 38.4 Å². The molecule has 9 heteroatoms. The van der Waals surface area contributed by atoms with Crippen LogP contribution in [-0.4, -0.2) is 73.3 Å². The molecule has 196 valence electrons. The maximum absolute atomic E-state index is 13.6. The zero-order valence-electron chi connectivity index (χ0n) is 21.4. The Morgan fingerprint density at radius 1 is 1.22 bits per heavy atom. The lowest BCUT2D eigenvalue weighted by Gasteiger charge is -2.39. The fourth-order valence-electron chi connectivity index (χ4n) is 6.53. The van der Waals surface area contributed by atoms with Crippen molar-refractivity contribution in [3.8, 4) is 11.5 Å². The van der Waals surface area contributed by atoms with Gasteiger partial charge in [0.2, 0.25) is 6.79 Å². The maximum atomic E-state index is 13.6. The van der Waals surface area contributed by atoms with Crippen LogP contribution < -0.4 is 9.47 Å². The molecule has 1 aliphatic carbocycles. The molecule has 4 aliphatic rings. The third-order valence-electron chi connectivity index (χ3n) is 7.99. The number of benzene rings is 1. The van der Waals surface area contributed by atoms with Gasteiger partial charge in [-0.05, 0) is 67.5 Å². The normalized spacial score (nSPS) is 27.9. The fourth-order valence-corrected chi connectivity index (χ4v) is 6.53. The average Bonchev–Trinajstić information content (AvgIpc) is 3.52. The van der Waals surface area contributed by atoms with Crippen molar-refractivity contribution in [3.05, 3.63) is 35.1 Å². The van der Waals surface area contributed by atoms with Crippen molar-refractivity contribution in [1.82, 2.24) is 4.90 Å². The van der Waals surface area contributed by atoms with E-state index in [1.807, 2.05) is 26.0 Å². The molecule has 1 N–H and O–H groups in total. The second-order valence-electron chi connectivity index (χ2n) is 10.7. The highest BCUT2D eigenvalue weighted by Gasteiger charge is 2.59. The average molecular weight is 502 g/mol. The monoisotopic (exact) mass is 501 g/mol. The third-order valence-corrected chi connectivity index (χ3v) is 7.99. The topological polar surface area (TPSA) is 104 Å². The molecule has 5 rings (SSSR count). The van der Waals surface area contributed by atoms with Gasteiger partial charge in [0, 0.05) is 6.54 Å². The van der Waals surface area contributed by atoms with E-state index in [4.69, 9.17) is 23.7 Å². The van der Waals surface area contributed by atoms with Gasteiger partial charge < -0.3 is 28.8 Å². The molecule has 1 spiro atoms. The third kappa shape index (κ3) is 4.02. The van der Waals surface area contributed by atoms with Crippen molar-refractivity contribution in [3.63, 3.8) is 0 Å². The molecular weight excluding hydrogens is 466 g/mol. The number of aliphatic hydroxyl groups is 1. The Morgan fingerprint density at radius 3 is 2.67 bits per heavy atom. The van der Waals surface area contributed by atoms with Gasteiger partial charge in [-0.1, -0.05) is 13.8 Å². The molecular formula is C27H35NO8. The Kier molecular flexibility index (Phi) is 6.41. The lowest BCUT2D eigenvalue weighted by molar-refractivity contribution is -0.179. The van der Waals surface area contributed by atoms with Gasteiger partial charge in [-0.3, -0.25) is 9.69 Å². The van der Waals surface area contributed by atoms with Crippen molar-refractivity contribution >= 4 is 11.9 Å². The molecule has 3 aliphatic heterocycles. The summed E-state index contributed by atoms with van der Waals surface area (Å²) in [5.41, 5.74) is -0.233. The van der Waals surface area contributed by atoms with Crippen molar-refractivity contribution in [2.75, 3.05) is 34.1 Å². The summed E-state index contributed by atoms with van der Waals surface area (Å²) in [5.74, 6) is 0.123. The number of nitrogens with zero attached hydrogens (tertiary/aromatic N) is 1. The number of carbonyl (C=O) groups is 2. The van der Waals surface area contributed by atoms with E-state index in [0.717, 1.165) is 49.2 Å². The largest absolute Gasteiger partial charge is 0.497 e. The van der Waals surface area contributed by atoms with Gasteiger partial charge in [0.05, 0.1) is 32.1 Å². The SMILES string of the molecule is COC(=O)C[C@](O)(CC(C)C)C(=O)O[C@@H]1C(OC)=C[C@]23CCCN2CCc2cc4c(cc2[C@H]13)OCO4. The Bertz CT molecular complexity index is 1080. The van der Waals surface area contributed by atoms with Gasteiger partial charge in [0.25, 0.3) is 0 Å². The van der Waals surface area contributed by atoms with Crippen molar-refractivity contribution in [2.24, 2.45) is 5.92 Å². The molecule has 1 saturated heterocycles. The smallest absolute Gasteiger partial charge is 0.339 e. The van der Waals surface area contributed by atoms with Gasteiger partial charge in [-0.15, -0.1) is 0 Å². The standard InChI is InChI=1S/C27H35NO8/c1-16(2)12-27(31,14-22(29)33-4)25(30)36-24-21(32-3)13-26-7-5-8-28(26)9-6-17-10-19-20(35-15-34-19)11-18(17)23(24)26/h10-11,13,16,23-24,31H,5-9,12,14-15H2,1-4H3/t23-,24-,26+,27-/m1/s1. The predicted molar refractivity (Wildman–Crippen MR) is 129 cm³/mol. The van der Waals surface area contributed by atoms with E-state index < -0.39 is 30.1 Å². The molecule has 0 aromatic heterocycles. The molecule has 9 nitrogen and oxygen atoms in total. The number of fused-ring (bicyclic) bond motifs is 3. The highest BCUT2D eigenvalue weighted by Crippen LogP contribution is 2.55. The number of hydrogen-bond donors (Lipinski definition) is 1. The molecule has 1 aromatic rings. The molecule has 3 heterocycles. The summed E-state index contributed by atoms with van der Waals surface area (Å²) in [6.45, 7) is 5.72. The quantitative estimate of drug-likeness (QED) is 0.565. The molecule has 0 bridgehead atoms. The Labute approximate surface area is 211 Å². The first-order valence-electron chi connectivity index (χ1n) is 12.7. The van der Waals surface area contributed by atoms with E-state index in [2.05, 4.69) is 11.0 Å². The number of rotatable bonds is 7. The molecule has 0 saturated carbocycles. The van der Waals surface area contributed by atoms with Crippen LogP contribution in [0, 0.1) is 5.92 Å². The minimum Gasteiger partial charge on any atom is -0.497 e. The summed E-state index contributed by atoms with van der Waals surface area (Å²) >= 11 is 0. The van der Waals surface area contributed by atoms with Gasteiger partial charge in [-0.25, -0.2) is 4.79 Å². The van der Waals surface area contributed by atoms with Crippen LogP contribution >= 0.6 is 0 Å². The lowest BCUT2D eigenvalue weighted by atomic mass is 9.77. The fraction of sp³-hybridized carbons (Fsp3) is 0.630. The summed E-state index contributed by atoms with van der Waals surface area (Å²) in [4.78, 5) is 28.2. The summed E-state index contributed by atoms with van der Waals surface area (Å²) in [6.07, 6.45) is 3.67. The summed E-state index contributed by atoms with van der Waals surface area (Å²) in [6, 6.07) is 4.04. The number of esters is 2. The Morgan fingerprint density at radius 2 is 1.97 bits per heavy atom. The van der Waals surface area contributed by atoms with E-state index in [9.17, 15) is 14.7 Å². The van der Waals surface area contributed by atoms with Crippen molar-refractivity contribution in [1.29, 1.82) is 0 Å². The molecule has 0 amide bonds. The van der Waals surface area contributed by atoms with Crippen LogP contribution in [0.3, 0.4) is 0 Å². The molecule has 0 radical (unpaired) electrons. The van der Waals surface area contributed by atoms with Crippen LogP contribution in [-0.2, 0) is 30.2 Å². The molecule has 0 unspecified atom stereocenters. The lowest BCUT2D eigenvalue weighted by Crippen LogP contribution is -2.49. The number of hydrogen-bond acceptors (Lipinski definition) is 9. The summed E-state index contributed by atoms with van der Waals surface area (Å²) < 4.78 is 28.0. The van der Waals surface area contributed by atoms with E-state index >= 15 is 0 Å². The minimum atomic E-state index is -2.01. The van der Waals surface area contributed by atoms with Gasteiger partial charge >= 0.3 is 11.9 Å². The highest BCUT2D eigenvalue weighted by molar-refractivity contribution is 5.86. The molecule has 1 fully saturated rings. The summed E-state index contributed by atoms with van der Waals surface area (Å²) in [7, 11) is 2.81. The van der Waals surface area contributed by atoms with Crippen LogP contribution in [0.2, 0.25) is 0 Å². The molecule has 4 atom stereocenters. The Hall–Kier alpha value is -2.78. The van der Waals surface area contributed by atoms with Gasteiger partial charge in [0.1, 0.15) is 5.76 Å². The van der Waals surface area contributed by atoms with Crippen LogP contribution in [0.5, 0.6) is 11.5 Å². The second kappa shape index (κ2) is 9.27. The second-order valence-corrected chi connectivity index (χ2v) is 10.7. The predicted octanol–water partition coefficient (Wildman–Crippen LogP) is 2.69. The minimum absolute atomic E-state index is 0.0526.